The molecule has 168 valence electrons. The lowest BCUT2D eigenvalue weighted by Gasteiger charge is -2.31. The van der Waals surface area contributed by atoms with Gasteiger partial charge in [-0.2, -0.15) is 13.2 Å². The SMILES string of the molecule is CC1(C)C=C(C2=NOC(c3cc(Cl)c(Br)c(Cl)c3)(C(F)(F)F)C2)C=C(c2ccccc2)C1. The van der Waals surface area contributed by atoms with Crippen molar-refractivity contribution in [3.8, 4) is 0 Å². The first kappa shape index (κ1) is 23.4. The fourth-order valence-electron chi connectivity index (χ4n) is 4.09. The maximum absolute atomic E-state index is 14.4. The Morgan fingerprint density at radius 2 is 1.66 bits per heavy atom. The van der Waals surface area contributed by atoms with Gasteiger partial charge in [-0.3, -0.25) is 0 Å². The molecule has 0 N–H and O–H groups in total. The van der Waals surface area contributed by atoms with E-state index in [1.54, 1.807) is 0 Å². The summed E-state index contributed by atoms with van der Waals surface area (Å²) < 4.78 is 43.4. The highest BCUT2D eigenvalue weighted by Crippen LogP contribution is 2.51. The molecule has 1 aliphatic carbocycles. The molecule has 8 heteroatoms. The van der Waals surface area contributed by atoms with Crippen molar-refractivity contribution in [1.82, 2.24) is 0 Å². The van der Waals surface area contributed by atoms with Crippen LogP contribution in [0.4, 0.5) is 13.2 Å². The summed E-state index contributed by atoms with van der Waals surface area (Å²) in [6.45, 7) is 4.09. The third-order valence-electron chi connectivity index (χ3n) is 5.64. The Morgan fingerprint density at radius 3 is 2.25 bits per heavy atom. The molecule has 1 unspecified atom stereocenters. The van der Waals surface area contributed by atoms with Gasteiger partial charge in [-0.05, 0) is 62.7 Å². The van der Waals surface area contributed by atoms with E-state index in [4.69, 9.17) is 28.0 Å². The molecule has 0 bridgehead atoms. The van der Waals surface area contributed by atoms with Crippen molar-refractivity contribution >= 4 is 50.4 Å². The van der Waals surface area contributed by atoms with Crippen LogP contribution in [0.25, 0.3) is 5.57 Å². The van der Waals surface area contributed by atoms with Crippen molar-refractivity contribution in [1.29, 1.82) is 0 Å². The molecule has 1 atom stereocenters. The number of rotatable bonds is 3. The zero-order valence-corrected chi connectivity index (χ0v) is 20.3. The second-order valence-corrected chi connectivity index (χ2v) is 10.3. The van der Waals surface area contributed by atoms with Crippen molar-refractivity contribution in [2.45, 2.75) is 38.5 Å². The molecule has 2 aromatic rings. The number of alkyl halides is 3. The van der Waals surface area contributed by atoms with Crippen LogP contribution in [0.5, 0.6) is 0 Å². The maximum atomic E-state index is 14.4. The normalized spacial score (nSPS) is 22.7. The molecule has 0 saturated heterocycles. The molecule has 4 rings (SSSR count). The molecule has 0 aromatic heterocycles. The van der Waals surface area contributed by atoms with Gasteiger partial charge in [-0.1, -0.05) is 78.6 Å². The summed E-state index contributed by atoms with van der Waals surface area (Å²) in [5.41, 5.74) is -0.191. The van der Waals surface area contributed by atoms with E-state index in [9.17, 15) is 13.2 Å². The van der Waals surface area contributed by atoms with E-state index in [1.165, 1.54) is 12.1 Å². The van der Waals surface area contributed by atoms with Gasteiger partial charge < -0.3 is 4.84 Å². The minimum absolute atomic E-state index is 0.0671. The third kappa shape index (κ3) is 4.25. The summed E-state index contributed by atoms with van der Waals surface area (Å²) in [5.74, 6) is 0. The Hall–Kier alpha value is -1.76. The van der Waals surface area contributed by atoms with E-state index in [0.29, 0.717) is 10.0 Å². The Bertz CT molecular complexity index is 1130. The highest BCUT2D eigenvalue weighted by Gasteiger charge is 2.62. The van der Waals surface area contributed by atoms with Crippen molar-refractivity contribution in [3.05, 3.63) is 85.8 Å². The van der Waals surface area contributed by atoms with Crippen LogP contribution in [-0.2, 0) is 10.4 Å². The zero-order valence-electron chi connectivity index (χ0n) is 17.2. The van der Waals surface area contributed by atoms with Crippen LogP contribution in [-0.4, -0.2) is 11.9 Å². The Morgan fingerprint density at radius 1 is 1.03 bits per heavy atom. The van der Waals surface area contributed by atoms with E-state index >= 15 is 0 Å². The topological polar surface area (TPSA) is 21.6 Å². The summed E-state index contributed by atoms with van der Waals surface area (Å²) in [6, 6.07) is 12.2. The lowest BCUT2D eigenvalue weighted by Crippen LogP contribution is -2.42. The fourth-order valence-corrected chi connectivity index (χ4v) is 4.81. The standard InChI is InChI=1S/C24H19BrCl2F3NO/c1-22(2)11-15(14-6-4-3-5-7-14)8-16(12-22)20-13-23(32-31-20,24(28,29)30)17-9-18(26)21(25)19(27)10-17/h3-10,12H,11,13H2,1-2H3. The first-order chi connectivity index (χ1) is 14.9. The van der Waals surface area contributed by atoms with Gasteiger partial charge in [0.05, 0.1) is 20.2 Å². The Kier molecular flexibility index (Phi) is 6.02. The number of benzene rings is 2. The minimum Gasteiger partial charge on any atom is -0.374 e. The van der Waals surface area contributed by atoms with Crippen LogP contribution in [0.1, 0.15) is 37.8 Å². The second kappa shape index (κ2) is 8.23. The molecule has 0 amide bonds. The van der Waals surface area contributed by atoms with E-state index < -0.39 is 18.2 Å². The Balaban J connectivity index is 1.75. The van der Waals surface area contributed by atoms with E-state index in [2.05, 4.69) is 21.1 Å². The molecule has 2 aliphatic rings. The van der Waals surface area contributed by atoms with Crippen molar-refractivity contribution in [3.63, 3.8) is 0 Å². The molecular weight excluding hydrogens is 526 g/mol. The van der Waals surface area contributed by atoms with Crippen LogP contribution in [0.2, 0.25) is 10.0 Å². The summed E-state index contributed by atoms with van der Waals surface area (Å²) in [4.78, 5) is 5.18. The van der Waals surface area contributed by atoms with Crippen LogP contribution in [0.3, 0.4) is 0 Å². The number of hydrogen-bond acceptors (Lipinski definition) is 2. The second-order valence-electron chi connectivity index (χ2n) is 8.69. The average molecular weight is 545 g/mol. The van der Waals surface area contributed by atoms with E-state index in [0.717, 1.165) is 17.6 Å². The molecule has 0 fully saturated rings. The maximum Gasteiger partial charge on any atom is 0.435 e. The van der Waals surface area contributed by atoms with Gasteiger partial charge in [0.1, 0.15) is 0 Å². The molecule has 0 radical (unpaired) electrons. The smallest absolute Gasteiger partial charge is 0.374 e. The van der Waals surface area contributed by atoms with Crippen LogP contribution in [0.15, 0.2) is 69.8 Å². The van der Waals surface area contributed by atoms with Crippen LogP contribution < -0.4 is 0 Å². The predicted molar refractivity (Wildman–Crippen MR) is 126 cm³/mol. The average Bonchev–Trinajstić information content (AvgIpc) is 3.18. The third-order valence-corrected chi connectivity index (χ3v) is 7.54. The molecule has 1 heterocycles. The highest BCUT2D eigenvalue weighted by atomic mass is 79.9. The first-order valence-corrected chi connectivity index (χ1v) is 11.4. The minimum atomic E-state index is -4.74. The summed E-state index contributed by atoms with van der Waals surface area (Å²) >= 11 is 15.4. The number of hydrogen-bond donors (Lipinski definition) is 0. The van der Waals surface area contributed by atoms with Gasteiger partial charge in [0, 0.05) is 12.0 Å². The van der Waals surface area contributed by atoms with Crippen molar-refractivity contribution in [2.24, 2.45) is 10.6 Å². The number of allylic oxidation sites excluding steroid dienone is 4. The molecule has 1 aliphatic heterocycles. The highest BCUT2D eigenvalue weighted by molar-refractivity contribution is 9.10. The predicted octanol–water partition coefficient (Wildman–Crippen LogP) is 8.73. The number of nitrogens with zero attached hydrogens (tertiary/aromatic N) is 1. The van der Waals surface area contributed by atoms with Gasteiger partial charge in [0.25, 0.3) is 5.60 Å². The van der Waals surface area contributed by atoms with Gasteiger partial charge in [0.15, 0.2) is 0 Å². The molecule has 0 saturated carbocycles. The summed E-state index contributed by atoms with van der Waals surface area (Å²) in [5, 5.41) is 4.05. The monoisotopic (exact) mass is 543 g/mol. The molecule has 2 aromatic carbocycles. The molecule has 2 nitrogen and oxygen atoms in total. The van der Waals surface area contributed by atoms with E-state index in [-0.39, 0.29) is 26.7 Å². The fraction of sp³-hybridized carbons (Fsp3) is 0.292. The summed E-state index contributed by atoms with van der Waals surface area (Å²) in [6.07, 6.45) is -0.607. The largest absolute Gasteiger partial charge is 0.435 e. The van der Waals surface area contributed by atoms with E-state index in [1.807, 2.05) is 56.3 Å². The lowest BCUT2D eigenvalue weighted by atomic mass is 9.75. The van der Waals surface area contributed by atoms with Crippen molar-refractivity contribution in [2.75, 3.05) is 0 Å². The molecular formula is C24H19BrCl2F3NO. The zero-order chi connectivity index (χ0) is 23.3. The number of oxime groups is 1. The Labute approximate surface area is 202 Å². The van der Waals surface area contributed by atoms with Gasteiger partial charge in [-0.25, -0.2) is 0 Å². The van der Waals surface area contributed by atoms with Gasteiger partial charge in [-0.15, -0.1) is 0 Å². The number of halogens is 6. The quantitative estimate of drug-likeness (QED) is 0.354. The molecule has 32 heavy (non-hydrogen) atoms. The van der Waals surface area contributed by atoms with Crippen LogP contribution in [0, 0.1) is 5.41 Å². The lowest BCUT2D eigenvalue weighted by molar-refractivity contribution is -0.275. The summed E-state index contributed by atoms with van der Waals surface area (Å²) in [7, 11) is 0. The molecule has 0 spiro atoms. The van der Waals surface area contributed by atoms with Gasteiger partial charge in [0.2, 0.25) is 0 Å². The first-order valence-electron chi connectivity index (χ1n) is 9.88. The van der Waals surface area contributed by atoms with Gasteiger partial charge >= 0.3 is 6.18 Å². The van der Waals surface area contributed by atoms with Crippen molar-refractivity contribution < 1.29 is 18.0 Å². The van der Waals surface area contributed by atoms with Crippen LogP contribution >= 0.6 is 39.1 Å².